The molecule has 0 saturated carbocycles. The SMILES string of the molecule is CC=C1CN2C3CC1C(CO)(C(=O)OC)C2CC1C3=Nc2ccccc21. The third kappa shape index (κ3) is 1.78. The minimum Gasteiger partial charge on any atom is -0.468 e. The van der Waals surface area contributed by atoms with Crippen molar-refractivity contribution in [2.45, 2.75) is 37.8 Å². The molecule has 5 aliphatic rings. The summed E-state index contributed by atoms with van der Waals surface area (Å²) in [4.78, 5) is 20.3. The summed E-state index contributed by atoms with van der Waals surface area (Å²) in [7, 11) is 1.44. The van der Waals surface area contributed by atoms with E-state index in [0.29, 0.717) is 0 Å². The number of aliphatic imine (C=N–C) groups is 1. The number of rotatable bonds is 2. The normalized spacial score (nSPS) is 40.8. The fraction of sp³-hybridized carbons (Fsp3) is 0.524. The number of hydrogen-bond donors (Lipinski definition) is 1. The van der Waals surface area contributed by atoms with Crippen molar-refractivity contribution in [2.24, 2.45) is 16.3 Å². The molecule has 1 aromatic rings. The highest BCUT2D eigenvalue weighted by atomic mass is 16.5. The van der Waals surface area contributed by atoms with Gasteiger partial charge in [-0.1, -0.05) is 29.8 Å². The zero-order valence-electron chi connectivity index (χ0n) is 15.2. The summed E-state index contributed by atoms with van der Waals surface area (Å²) in [6.07, 6.45) is 3.76. The molecule has 6 rings (SSSR count). The number of nitrogens with zero attached hydrogens (tertiary/aromatic N) is 2. The van der Waals surface area contributed by atoms with Gasteiger partial charge in [0, 0.05) is 30.1 Å². The zero-order valence-corrected chi connectivity index (χ0v) is 15.2. The van der Waals surface area contributed by atoms with E-state index in [0.717, 1.165) is 25.1 Å². The number of benzene rings is 1. The molecule has 26 heavy (non-hydrogen) atoms. The summed E-state index contributed by atoms with van der Waals surface area (Å²) < 4.78 is 5.22. The largest absolute Gasteiger partial charge is 0.468 e. The Hall–Kier alpha value is -1.98. The van der Waals surface area contributed by atoms with Gasteiger partial charge in [-0.25, -0.2) is 0 Å². The van der Waals surface area contributed by atoms with Gasteiger partial charge in [0.15, 0.2) is 0 Å². The average molecular weight is 352 g/mol. The highest BCUT2D eigenvalue weighted by Gasteiger charge is 2.66. The van der Waals surface area contributed by atoms with Crippen LogP contribution in [0.4, 0.5) is 5.69 Å². The molecule has 4 bridgehead atoms. The second kappa shape index (κ2) is 5.51. The van der Waals surface area contributed by atoms with E-state index in [-0.39, 0.29) is 36.5 Å². The average Bonchev–Trinajstić information content (AvgIpc) is 3.06. The Morgan fingerprint density at radius 1 is 1.42 bits per heavy atom. The quantitative estimate of drug-likeness (QED) is 0.656. The molecule has 5 aliphatic heterocycles. The molecule has 0 aromatic heterocycles. The molecule has 4 fully saturated rings. The van der Waals surface area contributed by atoms with Crippen LogP contribution in [0.1, 0.15) is 31.2 Å². The predicted molar refractivity (Wildman–Crippen MR) is 98.6 cm³/mol. The lowest BCUT2D eigenvalue weighted by atomic mass is 9.53. The van der Waals surface area contributed by atoms with Gasteiger partial charge >= 0.3 is 5.97 Å². The fourth-order valence-corrected chi connectivity index (χ4v) is 6.05. The van der Waals surface area contributed by atoms with E-state index in [9.17, 15) is 9.90 Å². The molecular weight excluding hydrogens is 328 g/mol. The number of hydrogen-bond acceptors (Lipinski definition) is 5. The van der Waals surface area contributed by atoms with E-state index < -0.39 is 5.41 Å². The maximum Gasteiger partial charge on any atom is 0.316 e. The van der Waals surface area contributed by atoms with Crippen molar-refractivity contribution < 1.29 is 14.6 Å². The Morgan fingerprint density at radius 3 is 2.96 bits per heavy atom. The van der Waals surface area contributed by atoms with Gasteiger partial charge in [-0.15, -0.1) is 0 Å². The Balaban J connectivity index is 1.66. The minimum atomic E-state index is -0.867. The number of esters is 1. The van der Waals surface area contributed by atoms with Crippen molar-refractivity contribution in [2.75, 3.05) is 20.3 Å². The van der Waals surface area contributed by atoms with Crippen LogP contribution in [0.25, 0.3) is 0 Å². The summed E-state index contributed by atoms with van der Waals surface area (Å²) in [5.74, 6) is 0.00243. The van der Waals surface area contributed by atoms with E-state index in [1.54, 1.807) is 0 Å². The molecule has 1 N–H and O–H groups in total. The van der Waals surface area contributed by atoms with Gasteiger partial charge in [-0.05, 0) is 31.4 Å². The third-order valence-corrected chi connectivity index (χ3v) is 7.21. The lowest BCUT2D eigenvalue weighted by molar-refractivity contribution is -0.180. The van der Waals surface area contributed by atoms with E-state index in [2.05, 4.69) is 29.2 Å². The second-order valence-electron chi connectivity index (χ2n) is 7.93. The lowest BCUT2D eigenvalue weighted by Crippen LogP contribution is -2.73. The van der Waals surface area contributed by atoms with Crippen molar-refractivity contribution in [1.82, 2.24) is 4.90 Å². The van der Waals surface area contributed by atoms with Gasteiger partial charge in [0.2, 0.25) is 0 Å². The van der Waals surface area contributed by atoms with Gasteiger partial charge in [0.25, 0.3) is 0 Å². The number of fused-ring (bicyclic) bond motifs is 4. The van der Waals surface area contributed by atoms with Crippen LogP contribution in [0.15, 0.2) is 40.9 Å². The van der Waals surface area contributed by atoms with Crippen LogP contribution in [-0.2, 0) is 9.53 Å². The number of piperidine rings is 4. The molecule has 6 unspecified atom stereocenters. The fourth-order valence-electron chi connectivity index (χ4n) is 6.05. The Morgan fingerprint density at radius 2 is 2.23 bits per heavy atom. The van der Waals surface area contributed by atoms with Gasteiger partial charge < -0.3 is 9.84 Å². The van der Waals surface area contributed by atoms with E-state index in [1.165, 1.54) is 24.0 Å². The maximum absolute atomic E-state index is 12.9. The molecule has 1 aromatic carbocycles. The zero-order chi connectivity index (χ0) is 18.1. The van der Waals surface area contributed by atoms with Gasteiger partial charge in [0.1, 0.15) is 5.41 Å². The number of carbonyl (C=O) groups is 1. The van der Waals surface area contributed by atoms with Crippen molar-refractivity contribution in [3.63, 3.8) is 0 Å². The molecular formula is C21H24N2O3. The monoisotopic (exact) mass is 352 g/mol. The summed E-state index contributed by atoms with van der Waals surface area (Å²) in [5, 5.41) is 10.4. The van der Waals surface area contributed by atoms with E-state index in [4.69, 9.17) is 9.73 Å². The van der Waals surface area contributed by atoms with Crippen LogP contribution in [-0.4, -0.2) is 54.0 Å². The number of methoxy groups -OCH3 is 1. The van der Waals surface area contributed by atoms with Gasteiger partial charge in [-0.2, -0.15) is 0 Å². The smallest absolute Gasteiger partial charge is 0.316 e. The number of aliphatic hydroxyl groups excluding tert-OH is 1. The Bertz CT molecular complexity index is 845. The summed E-state index contributed by atoms with van der Waals surface area (Å²) in [6, 6.07) is 8.57. The highest BCUT2D eigenvalue weighted by molar-refractivity contribution is 6.03. The van der Waals surface area contributed by atoms with Crippen LogP contribution in [0.5, 0.6) is 0 Å². The number of aliphatic hydroxyl groups is 1. The summed E-state index contributed by atoms with van der Waals surface area (Å²) >= 11 is 0. The molecule has 4 saturated heterocycles. The standard InChI is InChI=1S/C21H24N2O3/c1-3-12-10-23-17-9-15(12)21(11-24,20(25)26-2)18(23)8-14-13-6-4-5-7-16(13)22-19(14)17/h3-7,14-15,17-18,24H,8-11H2,1-2H3. The lowest BCUT2D eigenvalue weighted by Gasteiger charge is -2.63. The van der Waals surface area contributed by atoms with Gasteiger partial charge in [0.05, 0.1) is 25.4 Å². The summed E-state index contributed by atoms with van der Waals surface area (Å²) in [6.45, 7) is 2.71. The maximum atomic E-state index is 12.9. The Kier molecular flexibility index (Phi) is 3.43. The van der Waals surface area contributed by atoms with Crippen LogP contribution in [0, 0.1) is 11.3 Å². The molecule has 5 heteroatoms. The van der Waals surface area contributed by atoms with Crippen LogP contribution in [0.2, 0.25) is 0 Å². The second-order valence-corrected chi connectivity index (χ2v) is 7.93. The first-order chi connectivity index (χ1) is 12.7. The number of para-hydroxylation sites is 1. The van der Waals surface area contributed by atoms with Gasteiger partial charge in [-0.3, -0.25) is 14.7 Å². The molecule has 0 spiro atoms. The number of carbonyl (C=O) groups excluding carboxylic acids is 1. The molecule has 0 radical (unpaired) electrons. The van der Waals surface area contributed by atoms with E-state index >= 15 is 0 Å². The minimum absolute atomic E-state index is 0.0116. The van der Waals surface area contributed by atoms with E-state index in [1.807, 2.05) is 13.0 Å². The van der Waals surface area contributed by atoms with Crippen LogP contribution >= 0.6 is 0 Å². The highest BCUT2D eigenvalue weighted by Crippen LogP contribution is 2.59. The number of allylic oxidation sites excluding steroid dienone is 1. The predicted octanol–water partition coefficient (Wildman–Crippen LogP) is 2.43. The van der Waals surface area contributed by atoms with Crippen molar-refractivity contribution in [3.8, 4) is 0 Å². The molecule has 0 amide bonds. The first-order valence-corrected chi connectivity index (χ1v) is 9.43. The van der Waals surface area contributed by atoms with Crippen molar-refractivity contribution >= 4 is 17.4 Å². The molecule has 5 heterocycles. The molecule has 6 atom stereocenters. The van der Waals surface area contributed by atoms with Crippen molar-refractivity contribution in [3.05, 3.63) is 41.5 Å². The summed E-state index contributed by atoms with van der Waals surface area (Å²) in [5.41, 5.74) is 3.95. The van der Waals surface area contributed by atoms with Crippen LogP contribution < -0.4 is 0 Å². The third-order valence-electron chi connectivity index (χ3n) is 7.21. The van der Waals surface area contributed by atoms with Crippen LogP contribution in [0.3, 0.4) is 0 Å². The molecule has 136 valence electrons. The molecule has 5 nitrogen and oxygen atoms in total. The van der Waals surface area contributed by atoms with Crippen molar-refractivity contribution in [1.29, 1.82) is 0 Å². The first-order valence-electron chi connectivity index (χ1n) is 9.43. The Labute approximate surface area is 153 Å². The first kappa shape index (κ1) is 16.2. The number of ether oxygens (including phenoxy) is 1. The molecule has 0 aliphatic carbocycles. The topological polar surface area (TPSA) is 62.1 Å².